The Labute approximate surface area is 59.6 Å². The Bertz CT molecular complexity index is 120. The molecule has 60 valence electrons. The minimum Gasteiger partial charge on any atom is -0.388 e. The maximum atomic E-state index is 9.17. The van der Waals surface area contributed by atoms with E-state index < -0.39 is 18.3 Å². The van der Waals surface area contributed by atoms with Crippen LogP contribution in [-0.4, -0.2) is 41.2 Å². The lowest BCUT2D eigenvalue weighted by molar-refractivity contribution is 0.0223. The van der Waals surface area contributed by atoms with Crippen molar-refractivity contribution >= 4 is 0 Å². The average Bonchev–Trinajstić information content (AvgIpc) is 2.17. The van der Waals surface area contributed by atoms with Gasteiger partial charge in [0.2, 0.25) is 0 Å². The van der Waals surface area contributed by atoms with Crippen molar-refractivity contribution in [3.05, 3.63) is 0 Å². The molecule has 4 N–H and O–H groups in total. The summed E-state index contributed by atoms with van der Waals surface area (Å²) in [6.07, 6.45) is -2.30. The second kappa shape index (κ2) is 2.84. The third kappa shape index (κ3) is 1.15. The second-order valence-corrected chi connectivity index (χ2v) is 2.60. The van der Waals surface area contributed by atoms with Gasteiger partial charge in [-0.25, -0.2) is 0 Å². The highest BCUT2D eigenvalue weighted by Gasteiger charge is 2.38. The Morgan fingerprint density at radius 2 is 2.00 bits per heavy atom. The summed E-state index contributed by atoms with van der Waals surface area (Å²) in [6, 6.07) is 0. The van der Waals surface area contributed by atoms with Gasteiger partial charge in [-0.05, 0) is 6.92 Å². The highest BCUT2D eigenvalue weighted by molar-refractivity contribution is 4.88. The van der Waals surface area contributed by atoms with Gasteiger partial charge in [-0.3, -0.25) is 0 Å². The van der Waals surface area contributed by atoms with Gasteiger partial charge in [0.05, 0.1) is 12.2 Å². The predicted octanol–water partition coefficient (Wildman–Crippen LogP) is -1.55. The molecule has 0 bridgehead atoms. The molecule has 0 aliphatic carbocycles. The molecule has 1 saturated heterocycles. The SMILES string of the molecule is C[C@@H]1O[C@H](CN)[C@@H](O)[C@@H]1O. The van der Waals surface area contributed by atoms with Crippen molar-refractivity contribution in [1.82, 2.24) is 0 Å². The van der Waals surface area contributed by atoms with Crippen molar-refractivity contribution in [2.75, 3.05) is 6.54 Å². The standard InChI is InChI=1S/C6H13NO3/c1-3-5(8)6(9)4(2-7)10-3/h3-6,8-9H,2,7H2,1H3/t3-,4+,5+,6+/m0/s1. The van der Waals surface area contributed by atoms with Crippen LogP contribution in [0.3, 0.4) is 0 Å². The van der Waals surface area contributed by atoms with Crippen LogP contribution in [0.1, 0.15) is 6.92 Å². The van der Waals surface area contributed by atoms with Crippen LogP contribution in [0.2, 0.25) is 0 Å². The molecular weight excluding hydrogens is 134 g/mol. The van der Waals surface area contributed by atoms with Crippen LogP contribution in [0.5, 0.6) is 0 Å². The Kier molecular flexibility index (Phi) is 2.25. The molecule has 4 heteroatoms. The largest absolute Gasteiger partial charge is 0.388 e. The number of rotatable bonds is 1. The van der Waals surface area contributed by atoms with Gasteiger partial charge in [-0.1, -0.05) is 0 Å². The Morgan fingerprint density at radius 1 is 1.40 bits per heavy atom. The molecule has 0 spiro atoms. The van der Waals surface area contributed by atoms with E-state index in [-0.39, 0.29) is 12.6 Å². The quantitative estimate of drug-likeness (QED) is 0.420. The normalized spacial score (nSPS) is 48.0. The molecule has 1 rings (SSSR count). The van der Waals surface area contributed by atoms with Crippen molar-refractivity contribution in [1.29, 1.82) is 0 Å². The minimum absolute atomic E-state index is 0.253. The first-order valence-corrected chi connectivity index (χ1v) is 3.38. The summed E-state index contributed by atoms with van der Waals surface area (Å²) < 4.78 is 5.11. The first kappa shape index (κ1) is 7.94. The molecular formula is C6H13NO3. The van der Waals surface area contributed by atoms with Gasteiger partial charge in [0.1, 0.15) is 12.2 Å². The van der Waals surface area contributed by atoms with E-state index in [9.17, 15) is 5.11 Å². The first-order chi connectivity index (χ1) is 4.66. The number of aliphatic hydroxyl groups is 2. The zero-order valence-corrected chi connectivity index (χ0v) is 5.90. The summed E-state index contributed by atoms with van der Waals surface area (Å²) >= 11 is 0. The van der Waals surface area contributed by atoms with Crippen molar-refractivity contribution < 1.29 is 14.9 Å². The smallest absolute Gasteiger partial charge is 0.110 e. The molecule has 0 saturated carbocycles. The Morgan fingerprint density at radius 3 is 2.20 bits per heavy atom. The number of hydrogen-bond acceptors (Lipinski definition) is 4. The van der Waals surface area contributed by atoms with Crippen LogP contribution in [0.4, 0.5) is 0 Å². The van der Waals surface area contributed by atoms with Crippen LogP contribution in [0, 0.1) is 0 Å². The molecule has 1 aliphatic rings. The van der Waals surface area contributed by atoms with Gasteiger partial charge in [-0.2, -0.15) is 0 Å². The van der Waals surface area contributed by atoms with E-state index in [0.29, 0.717) is 0 Å². The Balaban J connectivity index is 2.53. The van der Waals surface area contributed by atoms with Crippen molar-refractivity contribution in [2.45, 2.75) is 31.3 Å². The lowest BCUT2D eigenvalue weighted by Crippen LogP contribution is -2.35. The monoisotopic (exact) mass is 147 g/mol. The van der Waals surface area contributed by atoms with E-state index in [0.717, 1.165) is 0 Å². The number of aliphatic hydroxyl groups excluding tert-OH is 2. The summed E-state index contributed by atoms with van der Waals surface area (Å²) in [6.45, 7) is 1.96. The van der Waals surface area contributed by atoms with E-state index in [4.69, 9.17) is 15.6 Å². The summed E-state index contributed by atoms with van der Waals surface area (Å²) in [5, 5.41) is 18.3. The summed E-state index contributed by atoms with van der Waals surface area (Å²) in [7, 11) is 0. The highest BCUT2D eigenvalue weighted by Crippen LogP contribution is 2.19. The van der Waals surface area contributed by atoms with Gasteiger partial charge >= 0.3 is 0 Å². The average molecular weight is 147 g/mol. The lowest BCUT2D eigenvalue weighted by atomic mass is 10.1. The molecule has 0 aromatic rings. The fourth-order valence-electron chi connectivity index (χ4n) is 1.13. The zero-order chi connectivity index (χ0) is 7.72. The molecule has 0 unspecified atom stereocenters. The topological polar surface area (TPSA) is 75.7 Å². The Hall–Kier alpha value is -0.160. The molecule has 4 nitrogen and oxygen atoms in total. The first-order valence-electron chi connectivity index (χ1n) is 3.38. The van der Waals surface area contributed by atoms with E-state index in [1.807, 2.05) is 0 Å². The van der Waals surface area contributed by atoms with Gasteiger partial charge in [0.25, 0.3) is 0 Å². The van der Waals surface area contributed by atoms with Gasteiger partial charge in [0.15, 0.2) is 0 Å². The van der Waals surface area contributed by atoms with Crippen LogP contribution in [0.15, 0.2) is 0 Å². The third-order valence-electron chi connectivity index (χ3n) is 1.83. The van der Waals surface area contributed by atoms with E-state index in [1.54, 1.807) is 6.92 Å². The molecule has 0 radical (unpaired) electrons. The van der Waals surface area contributed by atoms with Crippen molar-refractivity contribution in [3.63, 3.8) is 0 Å². The van der Waals surface area contributed by atoms with Crippen LogP contribution < -0.4 is 5.73 Å². The highest BCUT2D eigenvalue weighted by atomic mass is 16.5. The van der Waals surface area contributed by atoms with Gasteiger partial charge < -0.3 is 20.7 Å². The fraction of sp³-hybridized carbons (Fsp3) is 1.00. The number of nitrogens with two attached hydrogens (primary N) is 1. The molecule has 0 aromatic carbocycles. The van der Waals surface area contributed by atoms with Crippen molar-refractivity contribution in [2.24, 2.45) is 5.73 Å². The number of ether oxygens (including phenoxy) is 1. The molecule has 1 fully saturated rings. The van der Waals surface area contributed by atoms with E-state index >= 15 is 0 Å². The minimum atomic E-state index is -0.819. The van der Waals surface area contributed by atoms with Gasteiger partial charge in [0, 0.05) is 6.54 Å². The zero-order valence-electron chi connectivity index (χ0n) is 5.90. The third-order valence-corrected chi connectivity index (χ3v) is 1.83. The predicted molar refractivity (Wildman–Crippen MR) is 35.4 cm³/mol. The van der Waals surface area contributed by atoms with Crippen LogP contribution in [-0.2, 0) is 4.74 Å². The summed E-state index contributed by atoms with van der Waals surface area (Å²) in [5.41, 5.74) is 5.25. The fourth-order valence-corrected chi connectivity index (χ4v) is 1.13. The molecule has 0 amide bonds. The molecule has 1 aliphatic heterocycles. The van der Waals surface area contributed by atoms with Crippen LogP contribution in [0.25, 0.3) is 0 Å². The molecule has 4 atom stereocenters. The molecule has 1 heterocycles. The lowest BCUT2D eigenvalue weighted by Gasteiger charge is -2.10. The van der Waals surface area contributed by atoms with Crippen molar-refractivity contribution in [3.8, 4) is 0 Å². The van der Waals surface area contributed by atoms with E-state index in [2.05, 4.69) is 0 Å². The van der Waals surface area contributed by atoms with Crippen LogP contribution >= 0.6 is 0 Å². The summed E-state index contributed by atoms with van der Waals surface area (Å²) in [4.78, 5) is 0. The maximum absolute atomic E-state index is 9.17. The second-order valence-electron chi connectivity index (χ2n) is 2.60. The van der Waals surface area contributed by atoms with Gasteiger partial charge in [-0.15, -0.1) is 0 Å². The molecule has 10 heavy (non-hydrogen) atoms. The maximum Gasteiger partial charge on any atom is 0.110 e. The molecule has 0 aromatic heterocycles. The van der Waals surface area contributed by atoms with E-state index in [1.165, 1.54) is 0 Å². The summed E-state index contributed by atoms with van der Waals surface area (Å²) in [5.74, 6) is 0. The number of hydrogen-bond donors (Lipinski definition) is 3.